The zero-order chi connectivity index (χ0) is 12.3. The van der Waals surface area contributed by atoms with Crippen molar-refractivity contribution in [2.24, 2.45) is 0 Å². The van der Waals surface area contributed by atoms with Crippen LogP contribution < -0.4 is 5.32 Å². The van der Waals surface area contributed by atoms with Crippen LogP contribution in [0.25, 0.3) is 0 Å². The maximum atomic E-state index is 3.55. The molecule has 0 bridgehead atoms. The summed E-state index contributed by atoms with van der Waals surface area (Å²) in [4.78, 5) is 2.80. The summed E-state index contributed by atoms with van der Waals surface area (Å²) in [5.74, 6) is 0. The van der Waals surface area contributed by atoms with E-state index >= 15 is 0 Å². The molecule has 0 fully saturated rings. The van der Waals surface area contributed by atoms with Crippen molar-refractivity contribution in [3.8, 4) is 0 Å². The molecule has 1 atom stereocenters. The van der Waals surface area contributed by atoms with Gasteiger partial charge in [0, 0.05) is 32.1 Å². The average molecular weight is 395 g/mol. The molecule has 5 heteroatoms. The molecule has 2 rings (SSSR count). The molecule has 17 heavy (non-hydrogen) atoms. The maximum absolute atomic E-state index is 3.55. The van der Waals surface area contributed by atoms with Gasteiger partial charge >= 0.3 is 0 Å². The number of likely N-dealkylation sites (N-methyl/N-ethyl adjacent to an activating group) is 1. The van der Waals surface area contributed by atoms with Gasteiger partial charge in [-0.1, -0.05) is 6.92 Å². The molecule has 2 aromatic rings. The SMILES string of the molecule is CCNC(Cc1ccc(Br)s1)c1cc(Br)cs1. The van der Waals surface area contributed by atoms with Crippen molar-refractivity contribution >= 4 is 54.5 Å². The van der Waals surface area contributed by atoms with E-state index in [1.54, 1.807) is 0 Å². The van der Waals surface area contributed by atoms with Crippen LogP contribution in [0.1, 0.15) is 22.7 Å². The van der Waals surface area contributed by atoms with Gasteiger partial charge in [0.2, 0.25) is 0 Å². The minimum Gasteiger partial charge on any atom is -0.309 e. The third-order valence-electron chi connectivity index (χ3n) is 2.42. The van der Waals surface area contributed by atoms with Gasteiger partial charge in [0.05, 0.1) is 3.79 Å². The summed E-state index contributed by atoms with van der Waals surface area (Å²) in [7, 11) is 0. The van der Waals surface area contributed by atoms with Crippen molar-refractivity contribution < 1.29 is 0 Å². The summed E-state index contributed by atoms with van der Waals surface area (Å²) in [6, 6.07) is 6.94. The highest BCUT2D eigenvalue weighted by atomic mass is 79.9. The lowest BCUT2D eigenvalue weighted by atomic mass is 10.1. The van der Waals surface area contributed by atoms with Crippen molar-refractivity contribution in [3.05, 3.63) is 41.6 Å². The summed E-state index contributed by atoms with van der Waals surface area (Å²) in [6.07, 6.45) is 1.05. The molecule has 0 aliphatic carbocycles. The van der Waals surface area contributed by atoms with Crippen LogP contribution in [0.15, 0.2) is 31.8 Å². The summed E-state index contributed by atoms with van der Waals surface area (Å²) in [5.41, 5.74) is 0. The van der Waals surface area contributed by atoms with Crippen molar-refractivity contribution in [2.75, 3.05) is 6.54 Å². The fourth-order valence-electron chi connectivity index (χ4n) is 1.69. The molecule has 0 aliphatic heterocycles. The summed E-state index contributed by atoms with van der Waals surface area (Å²) < 4.78 is 2.38. The molecule has 0 radical (unpaired) electrons. The quantitative estimate of drug-likeness (QED) is 0.732. The van der Waals surface area contributed by atoms with E-state index in [9.17, 15) is 0 Å². The minimum absolute atomic E-state index is 0.418. The molecule has 1 unspecified atom stereocenters. The second-order valence-corrected chi connectivity index (χ2v) is 8.09. The van der Waals surface area contributed by atoms with Crippen LogP contribution in [0.5, 0.6) is 0 Å². The minimum atomic E-state index is 0.418. The predicted molar refractivity (Wildman–Crippen MR) is 84.2 cm³/mol. The fourth-order valence-corrected chi connectivity index (χ4v) is 4.74. The number of hydrogen-bond acceptors (Lipinski definition) is 3. The van der Waals surface area contributed by atoms with Crippen LogP contribution in [0.2, 0.25) is 0 Å². The standard InChI is InChI=1S/C12H13Br2NS2/c1-2-15-10(11-5-8(13)7-16-11)6-9-3-4-12(14)17-9/h3-5,7,10,15H,2,6H2,1H3. The second kappa shape index (κ2) is 6.48. The van der Waals surface area contributed by atoms with E-state index in [1.165, 1.54) is 18.0 Å². The molecule has 0 aliphatic rings. The number of hydrogen-bond donors (Lipinski definition) is 1. The molecule has 1 N–H and O–H groups in total. The van der Waals surface area contributed by atoms with E-state index in [-0.39, 0.29) is 0 Å². The first-order valence-corrected chi connectivity index (χ1v) is 8.68. The fraction of sp³-hybridized carbons (Fsp3) is 0.333. The molecule has 0 saturated carbocycles. The number of nitrogens with one attached hydrogen (secondary N) is 1. The molecule has 92 valence electrons. The first kappa shape index (κ1) is 13.7. The smallest absolute Gasteiger partial charge is 0.0701 e. The molecule has 1 nitrogen and oxygen atoms in total. The Morgan fingerprint density at radius 2 is 2.18 bits per heavy atom. The Bertz CT molecular complexity index is 478. The van der Waals surface area contributed by atoms with E-state index in [1.807, 2.05) is 22.7 Å². The van der Waals surface area contributed by atoms with E-state index in [4.69, 9.17) is 0 Å². The van der Waals surface area contributed by atoms with Crippen molar-refractivity contribution in [1.29, 1.82) is 0 Å². The largest absolute Gasteiger partial charge is 0.309 e. The predicted octanol–water partition coefficient (Wildman–Crippen LogP) is 5.23. The van der Waals surface area contributed by atoms with E-state index in [2.05, 4.69) is 67.7 Å². The van der Waals surface area contributed by atoms with Crippen LogP contribution in [0.4, 0.5) is 0 Å². The van der Waals surface area contributed by atoms with Crippen molar-refractivity contribution in [3.63, 3.8) is 0 Å². The van der Waals surface area contributed by atoms with Gasteiger partial charge in [-0.3, -0.25) is 0 Å². The Labute approximate surface area is 127 Å². The molecule has 0 saturated heterocycles. The monoisotopic (exact) mass is 393 g/mol. The van der Waals surface area contributed by atoms with Gasteiger partial charge in [-0.05, 0) is 56.6 Å². The zero-order valence-corrected chi connectivity index (χ0v) is 14.2. The number of halogens is 2. The molecule has 2 aromatic heterocycles. The molecule has 2 heterocycles. The lowest BCUT2D eigenvalue weighted by Gasteiger charge is -2.15. The maximum Gasteiger partial charge on any atom is 0.0701 e. The zero-order valence-electron chi connectivity index (χ0n) is 9.37. The first-order valence-electron chi connectivity index (χ1n) is 5.40. The van der Waals surface area contributed by atoms with Crippen LogP contribution in [0, 0.1) is 0 Å². The van der Waals surface area contributed by atoms with Gasteiger partial charge in [-0.2, -0.15) is 0 Å². The van der Waals surface area contributed by atoms with Crippen LogP contribution in [-0.4, -0.2) is 6.54 Å². The molecule has 0 aromatic carbocycles. The van der Waals surface area contributed by atoms with Gasteiger partial charge in [0.15, 0.2) is 0 Å². The van der Waals surface area contributed by atoms with Gasteiger partial charge in [0.25, 0.3) is 0 Å². The van der Waals surface area contributed by atoms with Crippen molar-refractivity contribution in [2.45, 2.75) is 19.4 Å². The van der Waals surface area contributed by atoms with Crippen LogP contribution in [-0.2, 0) is 6.42 Å². The first-order chi connectivity index (χ1) is 8.19. The third-order valence-corrected chi connectivity index (χ3v) is 5.87. The lowest BCUT2D eigenvalue weighted by Crippen LogP contribution is -2.21. The second-order valence-electron chi connectivity index (χ2n) is 3.69. The Hall–Kier alpha value is 0.320. The van der Waals surface area contributed by atoms with Crippen LogP contribution >= 0.6 is 54.5 Å². The van der Waals surface area contributed by atoms with E-state index in [0.29, 0.717) is 6.04 Å². The summed E-state index contributed by atoms with van der Waals surface area (Å²) in [6.45, 7) is 3.15. The summed E-state index contributed by atoms with van der Waals surface area (Å²) >= 11 is 10.7. The molecular weight excluding hydrogens is 382 g/mol. The molecule has 0 spiro atoms. The third kappa shape index (κ3) is 3.89. The topological polar surface area (TPSA) is 12.0 Å². The van der Waals surface area contributed by atoms with Crippen molar-refractivity contribution in [1.82, 2.24) is 5.32 Å². The van der Waals surface area contributed by atoms with Gasteiger partial charge < -0.3 is 5.32 Å². The number of thiophene rings is 2. The average Bonchev–Trinajstić information content (AvgIpc) is 2.87. The van der Waals surface area contributed by atoms with Gasteiger partial charge in [-0.15, -0.1) is 22.7 Å². The van der Waals surface area contributed by atoms with Gasteiger partial charge in [0.1, 0.15) is 0 Å². The lowest BCUT2D eigenvalue weighted by molar-refractivity contribution is 0.561. The highest BCUT2D eigenvalue weighted by Crippen LogP contribution is 2.31. The van der Waals surface area contributed by atoms with Crippen LogP contribution in [0.3, 0.4) is 0 Å². The Kier molecular flexibility index (Phi) is 5.24. The van der Waals surface area contributed by atoms with E-state index < -0.39 is 0 Å². The highest BCUT2D eigenvalue weighted by Gasteiger charge is 2.14. The Morgan fingerprint density at radius 3 is 2.71 bits per heavy atom. The van der Waals surface area contributed by atoms with E-state index in [0.717, 1.165) is 13.0 Å². The Balaban J connectivity index is 2.12. The highest BCUT2D eigenvalue weighted by molar-refractivity contribution is 9.11. The summed E-state index contributed by atoms with van der Waals surface area (Å²) in [5, 5.41) is 5.69. The Morgan fingerprint density at radius 1 is 1.35 bits per heavy atom. The molecule has 0 amide bonds. The molecular formula is C12H13Br2NS2. The normalized spacial score (nSPS) is 12.9. The van der Waals surface area contributed by atoms with Gasteiger partial charge in [-0.25, -0.2) is 0 Å². The number of rotatable bonds is 5.